The Morgan fingerprint density at radius 2 is 1.79 bits per heavy atom. The molecule has 0 saturated carbocycles. The van der Waals surface area contributed by atoms with Crippen LogP contribution in [0.2, 0.25) is 0 Å². The summed E-state index contributed by atoms with van der Waals surface area (Å²) in [5.74, 6) is 0.768. The third-order valence-electron chi connectivity index (χ3n) is 2.97. The van der Waals surface area contributed by atoms with Crippen molar-refractivity contribution in [1.82, 2.24) is 0 Å². The van der Waals surface area contributed by atoms with Crippen LogP contribution < -0.4 is 4.74 Å². The highest BCUT2D eigenvalue weighted by Gasteiger charge is 1.97. The summed E-state index contributed by atoms with van der Waals surface area (Å²) in [6, 6.07) is 17.7. The molecule has 2 heteroatoms. The maximum Gasteiger partial charge on any atom is 0.150 e. The van der Waals surface area contributed by atoms with E-state index in [2.05, 4.69) is 24.3 Å². The van der Waals surface area contributed by atoms with Crippen molar-refractivity contribution in [3.8, 4) is 5.75 Å². The Balaban J connectivity index is 1.68. The van der Waals surface area contributed by atoms with Gasteiger partial charge in [0.2, 0.25) is 0 Å². The van der Waals surface area contributed by atoms with Crippen LogP contribution in [0.5, 0.6) is 5.75 Å². The van der Waals surface area contributed by atoms with Gasteiger partial charge in [0, 0.05) is 5.56 Å². The van der Waals surface area contributed by atoms with Crippen LogP contribution >= 0.6 is 0 Å². The lowest BCUT2D eigenvalue weighted by Gasteiger charge is -2.06. The molecule has 0 aromatic heterocycles. The molecule has 0 unspecified atom stereocenters. The monoisotopic (exact) mass is 254 g/mol. The zero-order valence-corrected chi connectivity index (χ0v) is 10.9. The smallest absolute Gasteiger partial charge is 0.150 e. The van der Waals surface area contributed by atoms with Gasteiger partial charge in [-0.3, -0.25) is 4.79 Å². The molecule has 0 amide bonds. The normalized spacial score (nSPS) is 10.1. The average molecular weight is 254 g/mol. The van der Waals surface area contributed by atoms with Gasteiger partial charge in [-0.15, -0.1) is 0 Å². The molecular weight excluding hydrogens is 236 g/mol. The fraction of sp³-hybridized carbons (Fsp3) is 0.235. The summed E-state index contributed by atoms with van der Waals surface area (Å²) in [6.45, 7) is 0.690. The van der Waals surface area contributed by atoms with Crippen molar-refractivity contribution in [2.24, 2.45) is 0 Å². The van der Waals surface area contributed by atoms with Crippen molar-refractivity contribution in [3.63, 3.8) is 0 Å². The Morgan fingerprint density at radius 1 is 0.947 bits per heavy atom. The first-order valence-electron chi connectivity index (χ1n) is 6.60. The van der Waals surface area contributed by atoms with Crippen molar-refractivity contribution in [3.05, 3.63) is 65.7 Å². The highest BCUT2D eigenvalue weighted by atomic mass is 16.5. The van der Waals surface area contributed by atoms with Crippen LogP contribution in [0.15, 0.2) is 54.6 Å². The number of aldehydes is 1. The average Bonchev–Trinajstić information content (AvgIpc) is 2.48. The van der Waals surface area contributed by atoms with E-state index >= 15 is 0 Å². The molecule has 0 aliphatic heterocycles. The fourth-order valence-corrected chi connectivity index (χ4v) is 1.94. The van der Waals surface area contributed by atoms with Crippen molar-refractivity contribution in [2.45, 2.75) is 19.3 Å². The number of carbonyl (C=O) groups excluding carboxylic acids is 1. The van der Waals surface area contributed by atoms with Gasteiger partial charge in [-0.1, -0.05) is 42.5 Å². The Morgan fingerprint density at radius 3 is 2.58 bits per heavy atom. The van der Waals surface area contributed by atoms with E-state index in [0.717, 1.165) is 31.3 Å². The molecule has 0 aliphatic rings. The molecule has 0 saturated heterocycles. The number of carbonyl (C=O) groups is 1. The van der Waals surface area contributed by atoms with Gasteiger partial charge >= 0.3 is 0 Å². The highest BCUT2D eigenvalue weighted by Crippen LogP contribution is 2.13. The molecule has 2 rings (SSSR count). The Kier molecular flexibility index (Phi) is 5.17. The van der Waals surface area contributed by atoms with Gasteiger partial charge in [-0.05, 0) is 37.0 Å². The summed E-state index contributed by atoms with van der Waals surface area (Å²) >= 11 is 0. The largest absolute Gasteiger partial charge is 0.494 e. The van der Waals surface area contributed by atoms with Crippen molar-refractivity contribution >= 4 is 6.29 Å². The second-order valence-corrected chi connectivity index (χ2v) is 4.48. The molecule has 2 aromatic rings. The number of ether oxygens (including phenoxy) is 1. The predicted molar refractivity (Wildman–Crippen MR) is 76.7 cm³/mol. The third-order valence-corrected chi connectivity index (χ3v) is 2.97. The molecule has 0 aliphatic carbocycles. The van der Waals surface area contributed by atoms with Gasteiger partial charge in [-0.25, -0.2) is 0 Å². The van der Waals surface area contributed by atoms with E-state index in [1.807, 2.05) is 18.2 Å². The summed E-state index contributed by atoms with van der Waals surface area (Å²) in [7, 11) is 0. The van der Waals surface area contributed by atoms with Gasteiger partial charge < -0.3 is 4.74 Å². The molecular formula is C17H18O2. The second kappa shape index (κ2) is 7.37. The Labute approximate surface area is 114 Å². The van der Waals surface area contributed by atoms with Crippen LogP contribution in [0.4, 0.5) is 0 Å². The summed E-state index contributed by atoms with van der Waals surface area (Å²) < 4.78 is 5.63. The predicted octanol–water partition coefficient (Wildman–Crippen LogP) is 3.90. The summed E-state index contributed by atoms with van der Waals surface area (Å²) in [5.41, 5.74) is 2.02. The zero-order valence-electron chi connectivity index (χ0n) is 10.9. The van der Waals surface area contributed by atoms with Crippen LogP contribution in [0, 0.1) is 0 Å². The minimum absolute atomic E-state index is 0.654. The van der Waals surface area contributed by atoms with E-state index in [4.69, 9.17) is 4.74 Å². The van der Waals surface area contributed by atoms with E-state index in [9.17, 15) is 4.79 Å². The van der Waals surface area contributed by atoms with Gasteiger partial charge in [-0.2, -0.15) is 0 Å². The molecule has 0 fully saturated rings. The summed E-state index contributed by atoms with van der Waals surface area (Å²) in [6.07, 6.45) is 4.04. The molecule has 0 spiro atoms. The lowest BCUT2D eigenvalue weighted by atomic mass is 10.1. The highest BCUT2D eigenvalue weighted by molar-refractivity contribution is 5.75. The van der Waals surface area contributed by atoms with Gasteiger partial charge in [0.1, 0.15) is 12.0 Å². The lowest BCUT2D eigenvalue weighted by molar-refractivity contribution is 0.112. The van der Waals surface area contributed by atoms with E-state index in [1.165, 1.54) is 5.56 Å². The fourth-order valence-electron chi connectivity index (χ4n) is 1.94. The van der Waals surface area contributed by atoms with Crippen LogP contribution in [0.3, 0.4) is 0 Å². The molecule has 98 valence electrons. The third kappa shape index (κ3) is 4.59. The minimum atomic E-state index is 0.654. The number of aryl methyl sites for hydroxylation is 1. The molecule has 0 radical (unpaired) electrons. The molecule has 19 heavy (non-hydrogen) atoms. The van der Waals surface area contributed by atoms with Crippen LogP contribution in [-0.2, 0) is 6.42 Å². The molecule has 0 bridgehead atoms. The Bertz CT molecular complexity index is 506. The van der Waals surface area contributed by atoms with Gasteiger partial charge in [0.05, 0.1) is 6.61 Å². The SMILES string of the molecule is O=Cc1cccc(OCCCCc2ccccc2)c1. The first-order valence-corrected chi connectivity index (χ1v) is 6.60. The maximum absolute atomic E-state index is 10.6. The van der Waals surface area contributed by atoms with E-state index in [-0.39, 0.29) is 0 Å². The lowest BCUT2D eigenvalue weighted by Crippen LogP contribution is -1.98. The standard InChI is InChI=1S/C17H18O2/c18-14-16-10-6-11-17(13-16)19-12-5-4-9-15-7-2-1-3-8-15/h1-3,6-8,10-11,13-14H,4-5,9,12H2. The second-order valence-electron chi connectivity index (χ2n) is 4.48. The van der Waals surface area contributed by atoms with E-state index < -0.39 is 0 Å². The molecule has 2 aromatic carbocycles. The molecule has 2 nitrogen and oxygen atoms in total. The van der Waals surface area contributed by atoms with Crippen molar-refractivity contribution in [1.29, 1.82) is 0 Å². The summed E-state index contributed by atoms with van der Waals surface area (Å²) in [4.78, 5) is 10.6. The first-order chi connectivity index (χ1) is 9.38. The van der Waals surface area contributed by atoms with Crippen LogP contribution in [0.1, 0.15) is 28.8 Å². The van der Waals surface area contributed by atoms with Crippen LogP contribution in [0.25, 0.3) is 0 Å². The summed E-state index contributed by atoms with van der Waals surface area (Å²) in [5, 5.41) is 0. The quantitative estimate of drug-likeness (QED) is 0.553. The van der Waals surface area contributed by atoms with Crippen LogP contribution in [-0.4, -0.2) is 12.9 Å². The number of benzene rings is 2. The Hall–Kier alpha value is -2.09. The maximum atomic E-state index is 10.6. The number of rotatable bonds is 7. The van der Waals surface area contributed by atoms with E-state index in [0.29, 0.717) is 12.2 Å². The topological polar surface area (TPSA) is 26.3 Å². The van der Waals surface area contributed by atoms with Crippen molar-refractivity contribution in [2.75, 3.05) is 6.61 Å². The minimum Gasteiger partial charge on any atom is -0.494 e. The first kappa shape index (κ1) is 13.3. The number of unbranched alkanes of at least 4 members (excludes halogenated alkanes) is 1. The molecule has 0 heterocycles. The molecule has 0 N–H and O–H groups in total. The number of hydrogen-bond acceptors (Lipinski definition) is 2. The zero-order chi connectivity index (χ0) is 13.3. The van der Waals surface area contributed by atoms with Gasteiger partial charge in [0.15, 0.2) is 0 Å². The molecule has 0 atom stereocenters. The number of hydrogen-bond donors (Lipinski definition) is 0. The van der Waals surface area contributed by atoms with Crippen molar-refractivity contribution < 1.29 is 9.53 Å². The van der Waals surface area contributed by atoms with E-state index in [1.54, 1.807) is 12.1 Å². The van der Waals surface area contributed by atoms with Gasteiger partial charge in [0.25, 0.3) is 0 Å².